The third-order valence-corrected chi connectivity index (χ3v) is 2.24. The van der Waals surface area contributed by atoms with Crippen LogP contribution in [-0.2, 0) is 0 Å². The van der Waals surface area contributed by atoms with Gasteiger partial charge in [-0.15, -0.1) is 0 Å². The topological polar surface area (TPSA) is 64.3 Å². The zero-order valence-corrected chi connectivity index (χ0v) is 10.4. The molecule has 2 N–H and O–H groups in total. The fraction of sp³-hybridized carbons (Fsp3) is 0.636. The molecule has 0 radical (unpaired) electrons. The summed E-state index contributed by atoms with van der Waals surface area (Å²) in [5, 5.41) is 0. The lowest BCUT2D eigenvalue weighted by Crippen LogP contribution is -2.24. The molecule has 0 aliphatic rings. The second-order valence-corrected chi connectivity index (χ2v) is 3.75. The summed E-state index contributed by atoms with van der Waals surface area (Å²) in [5.41, 5.74) is 6.51. The lowest BCUT2D eigenvalue weighted by molar-refractivity contribution is 0.234. The van der Waals surface area contributed by atoms with E-state index in [1.165, 1.54) is 6.33 Å². The molecule has 0 atom stereocenters. The quantitative estimate of drug-likeness (QED) is 0.824. The Bertz CT molecular complexity index is 337. The Kier molecular flexibility index (Phi) is 4.34. The highest BCUT2D eigenvalue weighted by Gasteiger charge is 2.14. The van der Waals surface area contributed by atoms with Crippen molar-refractivity contribution in [2.24, 2.45) is 0 Å². The zero-order chi connectivity index (χ0) is 12.1. The Morgan fingerprint density at radius 2 is 1.94 bits per heavy atom. The van der Waals surface area contributed by atoms with Crippen molar-refractivity contribution in [3.63, 3.8) is 0 Å². The summed E-state index contributed by atoms with van der Waals surface area (Å²) in [6.45, 7) is 9.73. The minimum atomic E-state index is 0.0572. The van der Waals surface area contributed by atoms with E-state index < -0.39 is 0 Å². The predicted octanol–water partition coefficient (Wildman–Crippen LogP) is 1.69. The third-order valence-electron chi connectivity index (χ3n) is 2.24. The van der Waals surface area contributed by atoms with Gasteiger partial charge >= 0.3 is 0 Å². The summed E-state index contributed by atoms with van der Waals surface area (Å²) in [4.78, 5) is 10.3. The molecule has 0 amide bonds. The van der Waals surface area contributed by atoms with Crippen LogP contribution in [0.3, 0.4) is 0 Å². The molecule has 5 heteroatoms. The first kappa shape index (κ1) is 12.5. The average molecular weight is 224 g/mol. The Hall–Kier alpha value is -1.52. The van der Waals surface area contributed by atoms with E-state index in [9.17, 15) is 0 Å². The maximum Gasteiger partial charge on any atom is 0.242 e. The number of anilines is 2. The molecule has 0 bridgehead atoms. The highest BCUT2D eigenvalue weighted by atomic mass is 16.5. The summed E-state index contributed by atoms with van der Waals surface area (Å²) in [7, 11) is 0. The van der Waals surface area contributed by atoms with Crippen molar-refractivity contribution in [2.75, 3.05) is 23.7 Å². The molecule has 5 nitrogen and oxygen atoms in total. The van der Waals surface area contributed by atoms with Gasteiger partial charge in [-0.1, -0.05) is 0 Å². The molecular formula is C11H20N4O. The van der Waals surface area contributed by atoms with Crippen LogP contribution in [0, 0.1) is 0 Å². The highest BCUT2D eigenvalue weighted by molar-refractivity contribution is 5.67. The fourth-order valence-electron chi connectivity index (χ4n) is 1.46. The lowest BCUT2D eigenvalue weighted by Gasteiger charge is -2.22. The van der Waals surface area contributed by atoms with Crippen LogP contribution in [0.15, 0.2) is 6.33 Å². The number of nitrogens with two attached hydrogens (primary N) is 1. The Labute approximate surface area is 96.6 Å². The van der Waals surface area contributed by atoms with Gasteiger partial charge in [-0.05, 0) is 27.7 Å². The van der Waals surface area contributed by atoms with E-state index in [1.807, 2.05) is 13.8 Å². The minimum Gasteiger partial charge on any atom is -0.473 e. The predicted molar refractivity (Wildman–Crippen MR) is 65.8 cm³/mol. The standard InChI is InChI=1S/C11H20N4O/c1-5-15(6-2)10-9(12)11(14-7-13-10)16-8(3)4/h7-8H,5-6,12H2,1-4H3. The second kappa shape index (κ2) is 5.53. The molecule has 1 aromatic heterocycles. The van der Waals surface area contributed by atoms with Crippen molar-refractivity contribution >= 4 is 11.5 Å². The van der Waals surface area contributed by atoms with Gasteiger partial charge in [0.25, 0.3) is 0 Å². The Morgan fingerprint density at radius 3 is 2.44 bits per heavy atom. The summed E-state index contributed by atoms with van der Waals surface area (Å²) >= 11 is 0. The molecule has 90 valence electrons. The summed E-state index contributed by atoms with van der Waals surface area (Å²) < 4.78 is 5.52. The second-order valence-electron chi connectivity index (χ2n) is 3.75. The molecule has 0 unspecified atom stereocenters. The number of ether oxygens (including phenoxy) is 1. The monoisotopic (exact) mass is 224 g/mol. The summed E-state index contributed by atoms with van der Waals surface area (Å²) in [6, 6.07) is 0. The number of nitrogen functional groups attached to an aromatic ring is 1. The van der Waals surface area contributed by atoms with Crippen LogP contribution >= 0.6 is 0 Å². The maximum atomic E-state index is 5.99. The van der Waals surface area contributed by atoms with E-state index in [0.29, 0.717) is 11.6 Å². The van der Waals surface area contributed by atoms with Gasteiger partial charge in [-0.2, -0.15) is 4.98 Å². The smallest absolute Gasteiger partial charge is 0.242 e. The molecule has 0 saturated carbocycles. The van der Waals surface area contributed by atoms with Crippen LogP contribution in [0.4, 0.5) is 11.5 Å². The molecule has 1 rings (SSSR count). The van der Waals surface area contributed by atoms with Crippen LogP contribution in [0.1, 0.15) is 27.7 Å². The fourth-order valence-corrected chi connectivity index (χ4v) is 1.46. The zero-order valence-electron chi connectivity index (χ0n) is 10.4. The highest BCUT2D eigenvalue weighted by Crippen LogP contribution is 2.28. The minimum absolute atomic E-state index is 0.0572. The van der Waals surface area contributed by atoms with Gasteiger partial charge in [-0.3, -0.25) is 0 Å². The third kappa shape index (κ3) is 2.74. The van der Waals surface area contributed by atoms with Gasteiger partial charge in [0.05, 0.1) is 6.10 Å². The van der Waals surface area contributed by atoms with Crippen molar-refractivity contribution in [3.8, 4) is 5.88 Å². The molecule has 0 aliphatic heterocycles. The van der Waals surface area contributed by atoms with Crippen LogP contribution in [0.5, 0.6) is 5.88 Å². The molecule has 0 aromatic carbocycles. The summed E-state index contributed by atoms with van der Waals surface area (Å²) in [6.07, 6.45) is 1.55. The average Bonchev–Trinajstić information content (AvgIpc) is 2.24. The molecular weight excluding hydrogens is 204 g/mol. The van der Waals surface area contributed by atoms with Crippen LogP contribution < -0.4 is 15.4 Å². The Morgan fingerprint density at radius 1 is 1.31 bits per heavy atom. The van der Waals surface area contributed by atoms with Gasteiger partial charge < -0.3 is 15.4 Å². The van der Waals surface area contributed by atoms with Crippen molar-refractivity contribution in [1.82, 2.24) is 9.97 Å². The van der Waals surface area contributed by atoms with Crippen molar-refractivity contribution < 1.29 is 4.74 Å². The van der Waals surface area contributed by atoms with Crippen molar-refractivity contribution in [1.29, 1.82) is 0 Å². The van der Waals surface area contributed by atoms with E-state index in [2.05, 4.69) is 28.7 Å². The molecule has 0 saturated heterocycles. The van der Waals surface area contributed by atoms with E-state index in [1.54, 1.807) is 0 Å². The van der Waals surface area contributed by atoms with E-state index in [-0.39, 0.29) is 6.10 Å². The van der Waals surface area contributed by atoms with Gasteiger partial charge in [-0.25, -0.2) is 4.98 Å². The van der Waals surface area contributed by atoms with Gasteiger partial charge in [0.1, 0.15) is 12.0 Å². The number of hydrogen-bond acceptors (Lipinski definition) is 5. The van der Waals surface area contributed by atoms with E-state index >= 15 is 0 Å². The molecule has 1 heterocycles. The molecule has 0 spiro atoms. The molecule has 0 aliphatic carbocycles. The van der Waals surface area contributed by atoms with E-state index in [4.69, 9.17) is 10.5 Å². The first-order valence-corrected chi connectivity index (χ1v) is 5.62. The first-order chi connectivity index (χ1) is 7.60. The molecule has 0 fully saturated rings. The number of aromatic nitrogens is 2. The van der Waals surface area contributed by atoms with Gasteiger partial charge in [0.15, 0.2) is 5.82 Å². The number of nitrogens with zero attached hydrogens (tertiary/aromatic N) is 3. The number of hydrogen-bond donors (Lipinski definition) is 1. The normalized spacial score (nSPS) is 10.6. The largest absolute Gasteiger partial charge is 0.473 e. The van der Waals surface area contributed by atoms with Crippen LogP contribution in [-0.4, -0.2) is 29.2 Å². The van der Waals surface area contributed by atoms with E-state index in [0.717, 1.165) is 18.9 Å². The maximum absolute atomic E-state index is 5.99. The van der Waals surface area contributed by atoms with Gasteiger partial charge in [0, 0.05) is 13.1 Å². The number of rotatable bonds is 5. The van der Waals surface area contributed by atoms with Crippen LogP contribution in [0.2, 0.25) is 0 Å². The van der Waals surface area contributed by atoms with Crippen molar-refractivity contribution in [2.45, 2.75) is 33.8 Å². The molecule has 16 heavy (non-hydrogen) atoms. The Balaban J connectivity index is 3.02. The van der Waals surface area contributed by atoms with Crippen molar-refractivity contribution in [3.05, 3.63) is 6.33 Å². The van der Waals surface area contributed by atoms with Gasteiger partial charge in [0.2, 0.25) is 5.88 Å². The summed E-state index contributed by atoms with van der Waals surface area (Å²) in [5.74, 6) is 1.21. The lowest BCUT2D eigenvalue weighted by atomic mass is 10.4. The SMILES string of the molecule is CCN(CC)c1ncnc(OC(C)C)c1N. The van der Waals surface area contributed by atoms with Crippen LogP contribution in [0.25, 0.3) is 0 Å². The first-order valence-electron chi connectivity index (χ1n) is 5.62. The molecule has 1 aromatic rings.